The van der Waals surface area contributed by atoms with E-state index in [0.29, 0.717) is 4.90 Å². The molecule has 0 atom stereocenters. The van der Waals surface area contributed by atoms with E-state index in [1.54, 1.807) is 0 Å². The number of fused-ring (bicyclic) bond motifs is 3. The number of halogens is 2. The van der Waals surface area contributed by atoms with Gasteiger partial charge in [-0.3, -0.25) is 4.79 Å². The maximum Gasteiger partial charge on any atom is 0.407 e. The summed E-state index contributed by atoms with van der Waals surface area (Å²) in [6, 6.07) is 20.3. The van der Waals surface area contributed by atoms with Gasteiger partial charge in [-0.05, 0) is 46.5 Å². The first-order chi connectivity index (χ1) is 16.7. The van der Waals surface area contributed by atoms with E-state index in [1.807, 2.05) is 53.8 Å². The molecule has 0 radical (unpaired) electrons. The fraction of sp³-hybridized carbons (Fsp3) is 0.192. The van der Waals surface area contributed by atoms with Gasteiger partial charge in [0.05, 0.1) is 12.1 Å². The van der Waals surface area contributed by atoms with Crippen molar-refractivity contribution in [3.63, 3.8) is 0 Å². The lowest BCUT2D eigenvalue weighted by molar-refractivity contribution is -0.141. The number of nitrogens with zero attached hydrogens (tertiary/aromatic N) is 1. The highest BCUT2D eigenvalue weighted by Crippen LogP contribution is 2.44. The van der Waals surface area contributed by atoms with Crippen LogP contribution >= 0.6 is 0 Å². The normalized spacial score (nSPS) is 12.4. The maximum atomic E-state index is 14.5. The largest absolute Gasteiger partial charge is 0.478 e. The number of carboxylic acid groups (broad SMARTS) is 1. The van der Waals surface area contributed by atoms with Crippen LogP contribution in [0.2, 0.25) is 0 Å². The topological polar surface area (TPSA) is 95.9 Å². The zero-order valence-corrected chi connectivity index (χ0v) is 18.7. The minimum atomic E-state index is -3.91. The molecule has 9 heteroatoms. The lowest BCUT2D eigenvalue weighted by Gasteiger charge is -2.24. The first-order valence-corrected chi connectivity index (χ1v) is 10.8. The van der Waals surface area contributed by atoms with Gasteiger partial charge in [0.1, 0.15) is 6.61 Å². The molecular formula is C26H22F2N2O5. The summed E-state index contributed by atoms with van der Waals surface area (Å²) in [5, 5.41) is 10.9. The molecule has 1 aliphatic carbocycles. The number of hydrogen-bond acceptors (Lipinski definition) is 4. The average molecular weight is 480 g/mol. The number of hydrogen-bond donors (Lipinski definition) is 2. The molecule has 180 valence electrons. The van der Waals surface area contributed by atoms with Crippen LogP contribution in [-0.4, -0.2) is 49.2 Å². The number of rotatable bonds is 7. The van der Waals surface area contributed by atoms with Crippen molar-refractivity contribution in [2.24, 2.45) is 0 Å². The van der Waals surface area contributed by atoms with Crippen molar-refractivity contribution in [1.29, 1.82) is 0 Å². The molecule has 0 aliphatic heterocycles. The summed E-state index contributed by atoms with van der Waals surface area (Å²) in [5.74, 6) is -6.87. The standard InChI is InChI=1S/C26H22F2N2O5/c1-30(17-12-10-16(11-13-17)23(31)32)24(33)26(27,28)15-29-25(34)35-14-22-20-8-4-2-6-18(20)19-7-3-5-9-21(19)22/h2-13,22H,14-15H2,1H3,(H,29,34)(H,31,32). The summed E-state index contributed by atoms with van der Waals surface area (Å²) in [4.78, 5) is 36.1. The molecule has 35 heavy (non-hydrogen) atoms. The van der Waals surface area contributed by atoms with Crippen LogP contribution in [0.5, 0.6) is 0 Å². The van der Waals surface area contributed by atoms with Crippen LogP contribution in [0, 0.1) is 0 Å². The number of benzene rings is 3. The molecule has 0 saturated carbocycles. The van der Waals surface area contributed by atoms with Gasteiger partial charge in [0.25, 0.3) is 5.91 Å². The number of carboxylic acids is 1. The van der Waals surface area contributed by atoms with E-state index in [-0.39, 0.29) is 23.8 Å². The Morgan fingerprint density at radius 1 is 0.943 bits per heavy atom. The Morgan fingerprint density at radius 2 is 1.49 bits per heavy atom. The van der Waals surface area contributed by atoms with E-state index in [2.05, 4.69) is 0 Å². The molecule has 1 aliphatic rings. The third-order valence-electron chi connectivity index (χ3n) is 5.92. The molecule has 0 spiro atoms. The van der Waals surface area contributed by atoms with Gasteiger partial charge in [-0.2, -0.15) is 8.78 Å². The Balaban J connectivity index is 1.35. The van der Waals surface area contributed by atoms with Crippen molar-refractivity contribution >= 4 is 23.7 Å². The molecule has 0 saturated heterocycles. The van der Waals surface area contributed by atoms with Crippen molar-refractivity contribution in [1.82, 2.24) is 5.32 Å². The van der Waals surface area contributed by atoms with Gasteiger partial charge in [0.2, 0.25) is 0 Å². The average Bonchev–Trinajstić information content (AvgIpc) is 3.19. The second kappa shape index (κ2) is 9.54. The molecule has 2 N–H and O–H groups in total. The quantitative estimate of drug-likeness (QED) is 0.518. The SMILES string of the molecule is CN(C(=O)C(F)(F)CNC(=O)OCC1c2ccccc2-c2ccccc21)c1ccc(C(=O)O)cc1. The van der Waals surface area contributed by atoms with Crippen molar-refractivity contribution in [2.45, 2.75) is 11.8 Å². The Hall–Kier alpha value is -4.27. The summed E-state index contributed by atoms with van der Waals surface area (Å²) >= 11 is 0. The molecule has 3 aromatic carbocycles. The molecule has 2 amide bonds. The number of nitrogens with one attached hydrogen (secondary N) is 1. The maximum absolute atomic E-state index is 14.5. The molecule has 3 aromatic rings. The van der Waals surface area contributed by atoms with Gasteiger partial charge in [-0.15, -0.1) is 0 Å². The molecule has 0 unspecified atom stereocenters. The predicted molar refractivity (Wildman–Crippen MR) is 125 cm³/mol. The van der Waals surface area contributed by atoms with Crippen molar-refractivity contribution < 1.29 is 33.0 Å². The highest BCUT2D eigenvalue weighted by atomic mass is 19.3. The lowest BCUT2D eigenvalue weighted by atomic mass is 9.98. The third kappa shape index (κ3) is 4.84. The minimum Gasteiger partial charge on any atom is -0.478 e. The van der Waals surface area contributed by atoms with E-state index in [4.69, 9.17) is 9.84 Å². The van der Waals surface area contributed by atoms with Crippen LogP contribution in [0.25, 0.3) is 11.1 Å². The zero-order valence-electron chi connectivity index (χ0n) is 18.7. The Labute approximate surface area is 199 Å². The predicted octanol–water partition coefficient (Wildman–Crippen LogP) is 4.52. The minimum absolute atomic E-state index is 0.0433. The lowest BCUT2D eigenvalue weighted by Crippen LogP contribution is -2.49. The van der Waals surface area contributed by atoms with Crippen LogP contribution < -0.4 is 10.2 Å². The van der Waals surface area contributed by atoms with Crippen LogP contribution in [0.1, 0.15) is 27.4 Å². The Kier molecular flexibility index (Phi) is 6.50. The number of anilines is 1. The number of aromatic carboxylic acids is 1. The monoisotopic (exact) mass is 480 g/mol. The molecule has 4 rings (SSSR count). The molecule has 0 fully saturated rings. The van der Waals surface area contributed by atoms with Crippen LogP contribution in [-0.2, 0) is 9.53 Å². The molecular weight excluding hydrogens is 458 g/mol. The van der Waals surface area contributed by atoms with Gasteiger partial charge >= 0.3 is 18.0 Å². The highest BCUT2D eigenvalue weighted by molar-refractivity contribution is 5.98. The number of carbonyl (C=O) groups is 3. The van der Waals surface area contributed by atoms with Gasteiger partial charge < -0.3 is 20.1 Å². The summed E-state index contributed by atoms with van der Waals surface area (Å²) in [6.45, 7) is -1.30. The number of carbonyl (C=O) groups excluding carboxylic acids is 2. The van der Waals surface area contributed by atoms with Crippen LogP contribution in [0.3, 0.4) is 0 Å². The van der Waals surface area contributed by atoms with Gasteiger partial charge in [0, 0.05) is 18.7 Å². The number of alkyl halides is 2. The zero-order chi connectivity index (χ0) is 25.2. The van der Waals surface area contributed by atoms with Crippen LogP contribution in [0.4, 0.5) is 19.3 Å². The molecule has 7 nitrogen and oxygen atoms in total. The molecule has 0 aromatic heterocycles. The van der Waals surface area contributed by atoms with Crippen molar-refractivity contribution in [3.05, 3.63) is 89.5 Å². The van der Waals surface area contributed by atoms with E-state index >= 15 is 0 Å². The first-order valence-electron chi connectivity index (χ1n) is 10.8. The number of alkyl carbamates (subject to hydrolysis) is 1. The van der Waals surface area contributed by atoms with E-state index in [0.717, 1.165) is 29.3 Å². The van der Waals surface area contributed by atoms with Gasteiger partial charge in [-0.1, -0.05) is 48.5 Å². The summed E-state index contributed by atoms with van der Waals surface area (Å²) < 4.78 is 34.2. The molecule has 0 bridgehead atoms. The van der Waals surface area contributed by atoms with E-state index in [9.17, 15) is 23.2 Å². The number of ether oxygens (including phenoxy) is 1. The van der Waals surface area contributed by atoms with E-state index in [1.165, 1.54) is 24.3 Å². The van der Waals surface area contributed by atoms with Gasteiger partial charge in [-0.25, -0.2) is 9.59 Å². The second-order valence-corrected chi connectivity index (χ2v) is 8.10. The van der Waals surface area contributed by atoms with Crippen LogP contribution in [0.15, 0.2) is 72.8 Å². The second-order valence-electron chi connectivity index (χ2n) is 8.10. The van der Waals surface area contributed by atoms with E-state index < -0.39 is 30.4 Å². The third-order valence-corrected chi connectivity index (χ3v) is 5.92. The Bertz CT molecular complexity index is 1230. The van der Waals surface area contributed by atoms with Gasteiger partial charge in [0.15, 0.2) is 0 Å². The smallest absolute Gasteiger partial charge is 0.407 e. The summed E-state index contributed by atoms with van der Waals surface area (Å²) in [7, 11) is 1.14. The summed E-state index contributed by atoms with van der Waals surface area (Å²) in [5.41, 5.74) is 4.08. The number of amides is 2. The van der Waals surface area contributed by atoms with Crippen molar-refractivity contribution in [2.75, 3.05) is 25.1 Å². The fourth-order valence-electron chi connectivity index (χ4n) is 4.10. The Morgan fingerprint density at radius 3 is 2.03 bits per heavy atom. The van der Waals surface area contributed by atoms with Crippen molar-refractivity contribution in [3.8, 4) is 11.1 Å². The summed E-state index contributed by atoms with van der Waals surface area (Å²) in [6.07, 6.45) is -1.06. The fourth-order valence-corrected chi connectivity index (χ4v) is 4.10. The highest BCUT2D eigenvalue weighted by Gasteiger charge is 2.42. The molecule has 0 heterocycles. The first kappa shape index (κ1) is 23.9.